The molecule has 0 aromatic heterocycles. The summed E-state index contributed by atoms with van der Waals surface area (Å²) in [5, 5.41) is 1.21. The van der Waals surface area contributed by atoms with E-state index in [0.717, 1.165) is 29.7 Å². The molecule has 3 unspecified atom stereocenters. The summed E-state index contributed by atoms with van der Waals surface area (Å²) >= 11 is 12.9. The summed E-state index contributed by atoms with van der Waals surface area (Å²) in [6, 6.07) is 6.37. The van der Waals surface area contributed by atoms with E-state index >= 15 is 0 Å². The van der Waals surface area contributed by atoms with Crippen LogP contribution in [0.3, 0.4) is 0 Å². The van der Waals surface area contributed by atoms with Gasteiger partial charge in [-0.25, -0.2) is 0 Å². The minimum atomic E-state index is 0.312. The Morgan fingerprint density at radius 2 is 2.00 bits per heavy atom. The SMILES string of the molecule is Cc1ccc(CC2CC(C(C)C)CCC2Cl)c(Cl)c1. The zero-order valence-electron chi connectivity index (χ0n) is 12.1. The van der Waals surface area contributed by atoms with Crippen molar-refractivity contribution in [2.75, 3.05) is 0 Å². The highest BCUT2D eigenvalue weighted by molar-refractivity contribution is 6.31. The van der Waals surface area contributed by atoms with Gasteiger partial charge in [0.1, 0.15) is 0 Å². The lowest BCUT2D eigenvalue weighted by atomic mass is 9.74. The number of benzene rings is 1. The van der Waals surface area contributed by atoms with E-state index < -0.39 is 0 Å². The molecule has 106 valence electrons. The molecule has 0 nitrogen and oxygen atoms in total. The Morgan fingerprint density at radius 3 is 2.63 bits per heavy atom. The Kier molecular flexibility index (Phi) is 5.20. The zero-order valence-corrected chi connectivity index (χ0v) is 13.6. The minimum absolute atomic E-state index is 0.312. The van der Waals surface area contributed by atoms with Crippen molar-refractivity contribution in [2.24, 2.45) is 17.8 Å². The third kappa shape index (κ3) is 3.89. The first kappa shape index (κ1) is 15.2. The van der Waals surface area contributed by atoms with Crippen molar-refractivity contribution in [3.63, 3.8) is 0 Å². The first-order valence-electron chi connectivity index (χ1n) is 7.36. The Bertz CT molecular complexity index is 425. The topological polar surface area (TPSA) is 0 Å². The first-order chi connectivity index (χ1) is 8.97. The second-order valence-corrected chi connectivity index (χ2v) is 7.36. The van der Waals surface area contributed by atoms with Crippen LogP contribution in [0.4, 0.5) is 0 Å². The van der Waals surface area contributed by atoms with Gasteiger partial charge in [0, 0.05) is 10.4 Å². The summed E-state index contributed by atoms with van der Waals surface area (Å²) in [4.78, 5) is 0. The molecule has 3 atom stereocenters. The van der Waals surface area contributed by atoms with Gasteiger partial charge in [0.2, 0.25) is 0 Å². The molecule has 1 saturated carbocycles. The van der Waals surface area contributed by atoms with Crippen molar-refractivity contribution in [1.82, 2.24) is 0 Å². The lowest BCUT2D eigenvalue weighted by molar-refractivity contribution is 0.218. The van der Waals surface area contributed by atoms with Crippen LogP contribution in [0.1, 0.15) is 44.2 Å². The number of hydrogen-bond acceptors (Lipinski definition) is 0. The largest absolute Gasteiger partial charge is 0.123 e. The number of hydrogen-bond donors (Lipinski definition) is 0. The molecule has 0 heterocycles. The standard InChI is InChI=1S/C17H24Cl2/c1-11(2)13-6-7-16(18)15(9-13)10-14-5-4-12(3)8-17(14)19/h4-5,8,11,13,15-16H,6-7,9-10H2,1-3H3. The maximum Gasteiger partial charge on any atom is 0.0440 e. The molecule has 0 N–H and O–H groups in total. The number of aryl methyl sites for hydroxylation is 1. The van der Waals surface area contributed by atoms with Crippen molar-refractivity contribution in [3.05, 3.63) is 34.3 Å². The van der Waals surface area contributed by atoms with Crippen LogP contribution < -0.4 is 0 Å². The van der Waals surface area contributed by atoms with E-state index in [1.165, 1.54) is 24.0 Å². The molecule has 0 aliphatic heterocycles. The molecule has 0 saturated heterocycles. The maximum absolute atomic E-state index is 6.54. The van der Waals surface area contributed by atoms with E-state index in [1.54, 1.807) is 0 Å². The third-order valence-corrected chi connectivity index (χ3v) is 5.49. The monoisotopic (exact) mass is 298 g/mol. The van der Waals surface area contributed by atoms with Crippen LogP contribution in [0.15, 0.2) is 18.2 Å². The molecule has 2 heteroatoms. The number of halogens is 2. The molecule has 0 bridgehead atoms. The number of alkyl halides is 1. The van der Waals surface area contributed by atoms with Crippen molar-refractivity contribution < 1.29 is 0 Å². The molecule has 1 fully saturated rings. The molecule has 1 aromatic carbocycles. The zero-order chi connectivity index (χ0) is 14.0. The number of rotatable bonds is 3. The molecule has 1 aliphatic carbocycles. The molecule has 0 amide bonds. The molecular weight excluding hydrogens is 275 g/mol. The molecular formula is C17H24Cl2. The predicted octanol–water partition coefficient (Wildman–Crippen LogP) is 5.87. The summed E-state index contributed by atoms with van der Waals surface area (Å²) < 4.78 is 0. The molecule has 1 aliphatic rings. The summed E-state index contributed by atoms with van der Waals surface area (Å²) in [7, 11) is 0. The molecule has 2 rings (SSSR count). The second kappa shape index (κ2) is 6.50. The normalized spacial score (nSPS) is 27.8. The fourth-order valence-corrected chi connectivity index (χ4v) is 3.81. The van der Waals surface area contributed by atoms with Gasteiger partial charge >= 0.3 is 0 Å². The Morgan fingerprint density at radius 1 is 1.26 bits per heavy atom. The first-order valence-corrected chi connectivity index (χ1v) is 8.18. The summed E-state index contributed by atoms with van der Waals surface area (Å²) in [5.41, 5.74) is 2.48. The van der Waals surface area contributed by atoms with Gasteiger partial charge in [-0.3, -0.25) is 0 Å². The average Bonchev–Trinajstić information content (AvgIpc) is 2.34. The van der Waals surface area contributed by atoms with E-state index in [4.69, 9.17) is 23.2 Å². The van der Waals surface area contributed by atoms with Crippen LogP contribution in [0.5, 0.6) is 0 Å². The quantitative estimate of drug-likeness (QED) is 0.612. The molecule has 19 heavy (non-hydrogen) atoms. The average molecular weight is 299 g/mol. The smallest absolute Gasteiger partial charge is 0.0440 e. The van der Waals surface area contributed by atoms with E-state index in [9.17, 15) is 0 Å². The highest BCUT2D eigenvalue weighted by atomic mass is 35.5. The Labute approximate surface area is 127 Å². The lowest BCUT2D eigenvalue weighted by Gasteiger charge is -2.35. The van der Waals surface area contributed by atoms with Gasteiger partial charge in [0.15, 0.2) is 0 Å². The third-order valence-electron chi connectivity index (χ3n) is 4.56. The van der Waals surface area contributed by atoms with E-state index in [1.807, 2.05) is 0 Å². The Balaban J connectivity index is 2.07. The van der Waals surface area contributed by atoms with Crippen molar-refractivity contribution in [1.29, 1.82) is 0 Å². The predicted molar refractivity (Wildman–Crippen MR) is 85.2 cm³/mol. The van der Waals surface area contributed by atoms with Crippen LogP contribution >= 0.6 is 23.2 Å². The summed E-state index contributed by atoms with van der Waals surface area (Å²) in [6.45, 7) is 6.74. The van der Waals surface area contributed by atoms with E-state index in [0.29, 0.717) is 11.3 Å². The highest BCUT2D eigenvalue weighted by Crippen LogP contribution is 2.38. The van der Waals surface area contributed by atoms with Crippen LogP contribution in [0.2, 0.25) is 5.02 Å². The van der Waals surface area contributed by atoms with Crippen LogP contribution in [0, 0.1) is 24.7 Å². The van der Waals surface area contributed by atoms with Crippen LogP contribution in [-0.2, 0) is 6.42 Å². The van der Waals surface area contributed by atoms with Crippen molar-refractivity contribution in [2.45, 2.75) is 51.8 Å². The van der Waals surface area contributed by atoms with Crippen LogP contribution in [-0.4, -0.2) is 5.38 Å². The fraction of sp³-hybridized carbons (Fsp3) is 0.647. The van der Waals surface area contributed by atoms with Gasteiger partial charge in [-0.1, -0.05) is 37.6 Å². The lowest BCUT2D eigenvalue weighted by Crippen LogP contribution is -2.29. The maximum atomic E-state index is 6.54. The Hall–Kier alpha value is -0.200. The second-order valence-electron chi connectivity index (χ2n) is 6.39. The van der Waals surface area contributed by atoms with Crippen LogP contribution in [0.25, 0.3) is 0 Å². The summed E-state index contributed by atoms with van der Waals surface area (Å²) in [6.07, 6.45) is 4.70. The van der Waals surface area contributed by atoms with Gasteiger partial charge in [-0.05, 0) is 67.6 Å². The molecule has 0 radical (unpaired) electrons. The highest BCUT2D eigenvalue weighted by Gasteiger charge is 2.30. The minimum Gasteiger partial charge on any atom is -0.123 e. The fourth-order valence-electron chi connectivity index (χ4n) is 3.18. The van der Waals surface area contributed by atoms with Crippen molar-refractivity contribution >= 4 is 23.2 Å². The van der Waals surface area contributed by atoms with Gasteiger partial charge < -0.3 is 0 Å². The van der Waals surface area contributed by atoms with E-state index in [2.05, 4.69) is 39.0 Å². The van der Waals surface area contributed by atoms with Gasteiger partial charge in [-0.15, -0.1) is 11.6 Å². The van der Waals surface area contributed by atoms with Gasteiger partial charge in [-0.2, -0.15) is 0 Å². The molecule has 1 aromatic rings. The molecule has 0 spiro atoms. The van der Waals surface area contributed by atoms with E-state index in [-0.39, 0.29) is 0 Å². The summed E-state index contributed by atoms with van der Waals surface area (Å²) in [5.74, 6) is 2.16. The van der Waals surface area contributed by atoms with Gasteiger partial charge in [0.25, 0.3) is 0 Å². The van der Waals surface area contributed by atoms with Gasteiger partial charge in [0.05, 0.1) is 0 Å². The van der Waals surface area contributed by atoms with Crippen molar-refractivity contribution in [3.8, 4) is 0 Å².